The molecule has 0 fully saturated rings. The van der Waals surface area contributed by atoms with Crippen molar-refractivity contribution in [2.24, 2.45) is 5.73 Å². The number of rotatable bonds is 3. The number of nitrogens with two attached hydrogens (primary N) is 1. The van der Waals surface area contributed by atoms with Gasteiger partial charge in [-0.1, -0.05) is 36.4 Å². The Bertz CT molecular complexity index is 570. The Morgan fingerprint density at radius 2 is 1.74 bits per heavy atom. The predicted octanol–water partition coefficient (Wildman–Crippen LogP) is 2.80. The number of hydrogen-bond donors (Lipinski definition) is 1. The molecule has 0 amide bonds. The Morgan fingerprint density at radius 1 is 1.05 bits per heavy atom. The van der Waals surface area contributed by atoms with Crippen molar-refractivity contribution in [1.82, 2.24) is 4.90 Å². The first kappa shape index (κ1) is 12.3. The third-order valence-corrected chi connectivity index (χ3v) is 3.64. The van der Waals surface area contributed by atoms with Crippen LogP contribution in [0.2, 0.25) is 0 Å². The highest BCUT2D eigenvalue weighted by Gasteiger charge is 2.18. The highest BCUT2D eigenvalue weighted by molar-refractivity contribution is 5.31. The molecule has 0 spiro atoms. The number of halogens is 1. The molecule has 98 valence electrons. The van der Waals surface area contributed by atoms with E-state index in [4.69, 9.17) is 5.73 Å². The molecule has 19 heavy (non-hydrogen) atoms. The quantitative estimate of drug-likeness (QED) is 0.915. The van der Waals surface area contributed by atoms with Crippen molar-refractivity contribution in [3.05, 3.63) is 70.5 Å². The van der Waals surface area contributed by atoms with Crippen LogP contribution in [0.5, 0.6) is 0 Å². The third kappa shape index (κ3) is 2.53. The van der Waals surface area contributed by atoms with E-state index in [1.807, 2.05) is 12.1 Å². The largest absolute Gasteiger partial charge is 0.326 e. The molecule has 0 aliphatic carbocycles. The Hall–Kier alpha value is -1.71. The minimum atomic E-state index is -0.212. The minimum Gasteiger partial charge on any atom is -0.326 e. The molecular formula is C16H17FN2. The molecule has 1 aliphatic heterocycles. The summed E-state index contributed by atoms with van der Waals surface area (Å²) >= 11 is 0. The fourth-order valence-electron chi connectivity index (χ4n) is 2.66. The van der Waals surface area contributed by atoms with E-state index in [2.05, 4.69) is 29.2 Å². The van der Waals surface area contributed by atoms with Crippen molar-refractivity contribution >= 4 is 0 Å². The van der Waals surface area contributed by atoms with Crippen LogP contribution < -0.4 is 5.73 Å². The minimum absolute atomic E-state index is 0.212. The van der Waals surface area contributed by atoms with Crippen LogP contribution in [-0.2, 0) is 26.2 Å². The summed E-state index contributed by atoms with van der Waals surface area (Å²) in [6, 6.07) is 13.7. The summed E-state index contributed by atoms with van der Waals surface area (Å²) in [6.45, 7) is 3.01. The van der Waals surface area contributed by atoms with Crippen LogP contribution >= 0.6 is 0 Å². The molecule has 2 aromatic carbocycles. The van der Waals surface area contributed by atoms with Crippen LogP contribution in [-0.4, -0.2) is 4.90 Å². The number of hydrogen-bond acceptors (Lipinski definition) is 2. The number of nitrogens with zero attached hydrogens (tertiary/aromatic N) is 1. The molecule has 1 aliphatic rings. The van der Waals surface area contributed by atoms with Crippen LogP contribution in [0.25, 0.3) is 0 Å². The van der Waals surface area contributed by atoms with E-state index >= 15 is 0 Å². The maximum absolute atomic E-state index is 13.4. The van der Waals surface area contributed by atoms with Crippen LogP contribution in [0.1, 0.15) is 22.3 Å². The van der Waals surface area contributed by atoms with Gasteiger partial charge in [0.05, 0.1) is 0 Å². The summed E-state index contributed by atoms with van der Waals surface area (Å²) in [7, 11) is 0. The average molecular weight is 256 g/mol. The van der Waals surface area contributed by atoms with Gasteiger partial charge >= 0.3 is 0 Å². The van der Waals surface area contributed by atoms with Gasteiger partial charge in [-0.3, -0.25) is 4.90 Å². The molecule has 2 nitrogen and oxygen atoms in total. The zero-order valence-electron chi connectivity index (χ0n) is 10.8. The molecule has 3 heteroatoms. The van der Waals surface area contributed by atoms with Gasteiger partial charge in [0.25, 0.3) is 0 Å². The van der Waals surface area contributed by atoms with Crippen LogP contribution in [0.3, 0.4) is 0 Å². The number of fused-ring (bicyclic) bond motifs is 1. The molecule has 1 heterocycles. The first-order valence-electron chi connectivity index (χ1n) is 6.53. The Morgan fingerprint density at radius 3 is 2.37 bits per heavy atom. The van der Waals surface area contributed by atoms with Crippen LogP contribution in [0, 0.1) is 5.82 Å². The maximum atomic E-state index is 13.4. The first-order chi connectivity index (χ1) is 9.26. The van der Waals surface area contributed by atoms with Gasteiger partial charge in [0.15, 0.2) is 0 Å². The van der Waals surface area contributed by atoms with Gasteiger partial charge in [-0.2, -0.15) is 0 Å². The van der Waals surface area contributed by atoms with E-state index in [1.165, 1.54) is 17.2 Å². The van der Waals surface area contributed by atoms with E-state index in [9.17, 15) is 4.39 Å². The second-order valence-corrected chi connectivity index (χ2v) is 5.04. The van der Waals surface area contributed by atoms with Gasteiger partial charge < -0.3 is 5.73 Å². The molecule has 2 aromatic rings. The van der Waals surface area contributed by atoms with Crippen molar-refractivity contribution in [3.8, 4) is 0 Å². The molecule has 0 saturated carbocycles. The van der Waals surface area contributed by atoms with E-state index in [-0.39, 0.29) is 12.4 Å². The molecule has 0 aromatic heterocycles. The molecule has 0 radical (unpaired) electrons. The third-order valence-electron chi connectivity index (χ3n) is 3.64. The fraction of sp³-hybridized carbons (Fsp3) is 0.250. The van der Waals surface area contributed by atoms with Gasteiger partial charge in [-0.15, -0.1) is 0 Å². The summed E-state index contributed by atoms with van der Waals surface area (Å²) in [6.07, 6.45) is 0. The molecule has 0 bridgehead atoms. The summed E-state index contributed by atoms with van der Waals surface area (Å²) in [5.74, 6) is -0.212. The summed E-state index contributed by atoms with van der Waals surface area (Å²) in [5, 5.41) is 0. The van der Waals surface area contributed by atoms with Crippen molar-refractivity contribution in [3.63, 3.8) is 0 Å². The lowest BCUT2D eigenvalue weighted by atomic mass is 10.1. The maximum Gasteiger partial charge on any atom is 0.127 e. The highest BCUT2D eigenvalue weighted by Crippen LogP contribution is 2.24. The van der Waals surface area contributed by atoms with E-state index in [0.29, 0.717) is 5.56 Å². The van der Waals surface area contributed by atoms with Gasteiger partial charge in [-0.25, -0.2) is 4.39 Å². The van der Waals surface area contributed by atoms with Crippen molar-refractivity contribution in [2.45, 2.75) is 26.2 Å². The molecule has 0 saturated heterocycles. The van der Waals surface area contributed by atoms with Gasteiger partial charge in [-0.05, 0) is 22.8 Å². The highest BCUT2D eigenvalue weighted by atomic mass is 19.1. The van der Waals surface area contributed by atoms with Gasteiger partial charge in [0, 0.05) is 31.7 Å². The zero-order valence-corrected chi connectivity index (χ0v) is 10.8. The lowest BCUT2D eigenvalue weighted by Crippen LogP contribution is -2.16. The summed E-state index contributed by atoms with van der Waals surface area (Å²) in [5.41, 5.74) is 10.0. The SMILES string of the molecule is NCc1cc(CN2Cc3ccccc3C2)ccc1F. The molecular weight excluding hydrogens is 239 g/mol. The number of benzene rings is 2. The molecule has 0 unspecified atom stereocenters. The molecule has 2 N–H and O–H groups in total. The monoisotopic (exact) mass is 256 g/mol. The standard InChI is InChI=1S/C16H17FN2/c17-16-6-5-12(7-15(16)8-18)9-19-10-13-3-1-2-4-14(13)11-19/h1-7H,8-11,18H2. The van der Waals surface area contributed by atoms with Crippen LogP contribution in [0.15, 0.2) is 42.5 Å². The predicted molar refractivity (Wildman–Crippen MR) is 73.7 cm³/mol. The molecule has 0 atom stereocenters. The van der Waals surface area contributed by atoms with Crippen molar-refractivity contribution < 1.29 is 4.39 Å². The van der Waals surface area contributed by atoms with E-state index in [0.717, 1.165) is 25.2 Å². The van der Waals surface area contributed by atoms with E-state index < -0.39 is 0 Å². The van der Waals surface area contributed by atoms with Gasteiger partial charge in [0.2, 0.25) is 0 Å². The smallest absolute Gasteiger partial charge is 0.127 e. The normalized spacial score (nSPS) is 14.6. The van der Waals surface area contributed by atoms with E-state index in [1.54, 1.807) is 0 Å². The average Bonchev–Trinajstić information content (AvgIpc) is 2.83. The zero-order chi connectivity index (χ0) is 13.2. The summed E-state index contributed by atoms with van der Waals surface area (Å²) < 4.78 is 13.4. The van der Waals surface area contributed by atoms with Crippen molar-refractivity contribution in [2.75, 3.05) is 0 Å². The second-order valence-electron chi connectivity index (χ2n) is 5.04. The topological polar surface area (TPSA) is 29.3 Å². The van der Waals surface area contributed by atoms with Gasteiger partial charge in [0.1, 0.15) is 5.82 Å². The Kier molecular flexibility index (Phi) is 3.32. The van der Waals surface area contributed by atoms with Crippen molar-refractivity contribution in [1.29, 1.82) is 0 Å². The first-order valence-corrected chi connectivity index (χ1v) is 6.53. The lowest BCUT2D eigenvalue weighted by molar-refractivity contribution is 0.275. The molecule has 3 rings (SSSR count). The van der Waals surface area contributed by atoms with Crippen LogP contribution in [0.4, 0.5) is 4.39 Å². The Balaban J connectivity index is 1.74. The fourth-order valence-corrected chi connectivity index (χ4v) is 2.66. The second kappa shape index (κ2) is 5.11. The summed E-state index contributed by atoms with van der Waals surface area (Å²) in [4.78, 5) is 2.36. The Labute approximate surface area is 112 Å². The lowest BCUT2D eigenvalue weighted by Gasteiger charge is -2.15.